The molecule has 0 atom stereocenters. The van der Waals surface area contributed by atoms with Crippen LogP contribution in [0.3, 0.4) is 0 Å². The van der Waals surface area contributed by atoms with Crippen LogP contribution in [0, 0.1) is 0 Å². The van der Waals surface area contributed by atoms with Crippen molar-refractivity contribution in [3.63, 3.8) is 0 Å². The molecule has 2 aliphatic rings. The number of fused-ring (bicyclic) bond motifs is 1. The van der Waals surface area contributed by atoms with Gasteiger partial charge in [-0.25, -0.2) is 0 Å². The summed E-state index contributed by atoms with van der Waals surface area (Å²) < 4.78 is 0. The molecule has 5 heteroatoms. The predicted molar refractivity (Wildman–Crippen MR) is 121 cm³/mol. The Hall–Kier alpha value is -2.59. The van der Waals surface area contributed by atoms with E-state index in [0.717, 1.165) is 56.3 Å². The first-order valence-corrected chi connectivity index (χ1v) is 11.2. The van der Waals surface area contributed by atoms with E-state index in [1.165, 1.54) is 10.5 Å². The molecule has 4 rings (SSSR count). The number of para-hydroxylation sites is 1. The summed E-state index contributed by atoms with van der Waals surface area (Å²) in [5.74, 6) is -0.380. The number of imide groups is 1. The zero-order valence-electron chi connectivity index (χ0n) is 17.4. The number of carbonyl (C=O) groups excluding carboxylic acids is 2. The highest BCUT2D eigenvalue weighted by atomic mass is 35.5. The van der Waals surface area contributed by atoms with Crippen molar-refractivity contribution in [2.75, 3.05) is 18.0 Å². The predicted octanol–water partition coefficient (Wildman–Crippen LogP) is 5.45. The van der Waals surface area contributed by atoms with Crippen LogP contribution in [0.25, 0.3) is 5.57 Å². The molecule has 0 N–H and O–H groups in total. The summed E-state index contributed by atoms with van der Waals surface area (Å²) in [4.78, 5) is 30.4. The summed E-state index contributed by atoms with van der Waals surface area (Å²) in [7, 11) is 0. The molecule has 0 bridgehead atoms. The molecular formula is C25H27ClN2O2. The Balaban J connectivity index is 1.76. The van der Waals surface area contributed by atoms with Crippen LogP contribution in [0.1, 0.15) is 50.2 Å². The molecule has 2 amide bonds. The van der Waals surface area contributed by atoms with Gasteiger partial charge in [0.25, 0.3) is 11.8 Å². The molecule has 0 unspecified atom stereocenters. The maximum atomic E-state index is 13.5. The smallest absolute Gasteiger partial charge is 0.278 e. The number of benzene rings is 2. The summed E-state index contributed by atoms with van der Waals surface area (Å²) in [5.41, 5.74) is 3.98. The summed E-state index contributed by atoms with van der Waals surface area (Å²) >= 11 is 6.07. The molecule has 0 aromatic heterocycles. The summed E-state index contributed by atoms with van der Waals surface area (Å²) in [6.07, 6.45) is 6.02. The van der Waals surface area contributed by atoms with Gasteiger partial charge in [0.05, 0.1) is 5.57 Å². The first-order chi connectivity index (χ1) is 14.6. The van der Waals surface area contributed by atoms with Crippen molar-refractivity contribution in [1.29, 1.82) is 0 Å². The van der Waals surface area contributed by atoms with Gasteiger partial charge in [-0.2, -0.15) is 0 Å². The minimum Gasteiger partial charge on any atom is -0.336 e. The van der Waals surface area contributed by atoms with E-state index in [1.807, 2.05) is 30.3 Å². The molecule has 2 aliphatic heterocycles. The highest BCUT2D eigenvalue weighted by Crippen LogP contribution is 2.38. The van der Waals surface area contributed by atoms with Crippen molar-refractivity contribution in [2.45, 2.75) is 45.4 Å². The molecule has 0 spiro atoms. The molecule has 0 fully saturated rings. The molecule has 2 aromatic carbocycles. The third-order valence-corrected chi connectivity index (χ3v) is 6.14. The van der Waals surface area contributed by atoms with E-state index in [2.05, 4.69) is 17.9 Å². The van der Waals surface area contributed by atoms with Crippen LogP contribution < -0.4 is 4.90 Å². The van der Waals surface area contributed by atoms with E-state index in [4.69, 9.17) is 11.6 Å². The quantitative estimate of drug-likeness (QED) is 0.439. The molecule has 2 aromatic rings. The van der Waals surface area contributed by atoms with Crippen molar-refractivity contribution in [3.8, 4) is 0 Å². The van der Waals surface area contributed by atoms with E-state index in [9.17, 15) is 9.59 Å². The fourth-order valence-electron chi connectivity index (χ4n) is 4.36. The van der Waals surface area contributed by atoms with Gasteiger partial charge >= 0.3 is 0 Å². The lowest BCUT2D eigenvalue weighted by atomic mass is 9.98. The van der Waals surface area contributed by atoms with Gasteiger partial charge in [0.2, 0.25) is 0 Å². The van der Waals surface area contributed by atoms with Gasteiger partial charge in [0.15, 0.2) is 0 Å². The van der Waals surface area contributed by atoms with E-state index >= 15 is 0 Å². The summed E-state index contributed by atoms with van der Waals surface area (Å²) in [6.45, 7) is 3.35. The number of halogens is 1. The average molecular weight is 423 g/mol. The van der Waals surface area contributed by atoms with Gasteiger partial charge in [-0.1, -0.05) is 68.1 Å². The van der Waals surface area contributed by atoms with E-state index in [1.54, 1.807) is 12.1 Å². The number of hydrogen-bond donors (Lipinski definition) is 0. The first kappa shape index (κ1) is 20.7. The number of unbranched alkanes of at least 4 members (excludes halogenated alkanes) is 3. The number of aryl methyl sites for hydroxylation is 1. The molecule has 4 nitrogen and oxygen atoms in total. The minimum atomic E-state index is -0.197. The van der Waals surface area contributed by atoms with Crippen LogP contribution in [-0.2, 0) is 16.0 Å². The van der Waals surface area contributed by atoms with Gasteiger partial charge < -0.3 is 4.90 Å². The van der Waals surface area contributed by atoms with Crippen LogP contribution in [0.2, 0.25) is 5.02 Å². The van der Waals surface area contributed by atoms with E-state index < -0.39 is 0 Å². The highest BCUT2D eigenvalue weighted by Gasteiger charge is 2.42. The topological polar surface area (TPSA) is 40.6 Å². The molecule has 30 heavy (non-hydrogen) atoms. The third-order valence-electron chi connectivity index (χ3n) is 5.89. The van der Waals surface area contributed by atoms with Crippen molar-refractivity contribution in [2.24, 2.45) is 0 Å². The fraction of sp³-hybridized carbons (Fsp3) is 0.360. The number of anilines is 1. The van der Waals surface area contributed by atoms with Crippen molar-refractivity contribution >= 4 is 34.7 Å². The zero-order valence-corrected chi connectivity index (χ0v) is 18.1. The maximum Gasteiger partial charge on any atom is 0.278 e. The average Bonchev–Trinajstić information content (AvgIpc) is 3.01. The second kappa shape index (κ2) is 9.05. The number of nitrogens with zero attached hydrogens (tertiary/aromatic N) is 2. The van der Waals surface area contributed by atoms with Gasteiger partial charge in [-0.3, -0.25) is 14.5 Å². The van der Waals surface area contributed by atoms with Crippen LogP contribution in [0.4, 0.5) is 5.69 Å². The largest absolute Gasteiger partial charge is 0.336 e. The van der Waals surface area contributed by atoms with Crippen LogP contribution in [-0.4, -0.2) is 29.8 Å². The van der Waals surface area contributed by atoms with Gasteiger partial charge in [-0.15, -0.1) is 0 Å². The minimum absolute atomic E-state index is 0.182. The standard InChI is InChI=1S/C25H27ClN2O2/c1-2-3-4-7-16-28-24(29)22(19-12-14-20(26)15-13-19)23(25(28)30)27-17-8-10-18-9-5-6-11-21(18)27/h5-6,9,11-15H,2-4,7-8,10,16-17H2,1H3. The molecular weight excluding hydrogens is 396 g/mol. The van der Waals surface area contributed by atoms with Crippen LogP contribution in [0.15, 0.2) is 54.2 Å². The number of rotatable bonds is 7. The second-order valence-electron chi connectivity index (χ2n) is 7.94. The highest BCUT2D eigenvalue weighted by molar-refractivity contribution is 6.37. The first-order valence-electron chi connectivity index (χ1n) is 10.8. The monoisotopic (exact) mass is 422 g/mol. The molecule has 0 aliphatic carbocycles. The lowest BCUT2D eigenvalue weighted by Gasteiger charge is -2.32. The second-order valence-corrected chi connectivity index (χ2v) is 8.37. The van der Waals surface area contributed by atoms with Crippen molar-refractivity contribution in [3.05, 3.63) is 70.4 Å². The number of amides is 2. The van der Waals surface area contributed by atoms with Gasteiger partial charge in [-0.05, 0) is 48.6 Å². The lowest BCUT2D eigenvalue weighted by molar-refractivity contribution is -0.137. The Bertz CT molecular complexity index is 981. The summed E-state index contributed by atoms with van der Waals surface area (Å²) in [6, 6.07) is 15.4. The molecule has 0 saturated carbocycles. The number of hydrogen-bond acceptors (Lipinski definition) is 3. The Morgan fingerprint density at radius 2 is 1.70 bits per heavy atom. The third kappa shape index (κ3) is 3.89. The SMILES string of the molecule is CCCCCCN1C(=O)C(c2ccc(Cl)cc2)=C(N2CCCc3ccccc32)C1=O. The molecule has 2 heterocycles. The molecule has 156 valence electrons. The van der Waals surface area contributed by atoms with E-state index in [-0.39, 0.29) is 11.8 Å². The fourth-order valence-corrected chi connectivity index (χ4v) is 4.48. The molecule has 0 radical (unpaired) electrons. The Morgan fingerprint density at radius 1 is 0.933 bits per heavy atom. The van der Waals surface area contributed by atoms with Gasteiger partial charge in [0.1, 0.15) is 5.70 Å². The normalized spacial score (nSPS) is 16.5. The zero-order chi connectivity index (χ0) is 21.1. The Kier molecular flexibility index (Phi) is 6.24. The molecule has 0 saturated heterocycles. The van der Waals surface area contributed by atoms with Crippen LogP contribution >= 0.6 is 11.6 Å². The van der Waals surface area contributed by atoms with E-state index in [0.29, 0.717) is 22.8 Å². The summed E-state index contributed by atoms with van der Waals surface area (Å²) in [5, 5.41) is 0.609. The van der Waals surface area contributed by atoms with Crippen molar-refractivity contribution < 1.29 is 9.59 Å². The number of carbonyl (C=O) groups is 2. The van der Waals surface area contributed by atoms with Gasteiger partial charge in [0, 0.05) is 23.8 Å². The maximum absolute atomic E-state index is 13.5. The van der Waals surface area contributed by atoms with Crippen molar-refractivity contribution in [1.82, 2.24) is 4.90 Å². The Labute approximate surface area is 183 Å². The lowest BCUT2D eigenvalue weighted by Crippen LogP contribution is -2.37. The Morgan fingerprint density at radius 3 is 2.47 bits per heavy atom. The van der Waals surface area contributed by atoms with Crippen LogP contribution in [0.5, 0.6) is 0 Å².